The molecule has 1 N–H and O–H groups in total. The van der Waals surface area contributed by atoms with Gasteiger partial charge in [0.15, 0.2) is 0 Å². The third kappa shape index (κ3) is 4.29. The first kappa shape index (κ1) is 19.0. The molecule has 0 fully saturated rings. The molecule has 0 amide bonds. The Balaban J connectivity index is 1.79. The van der Waals surface area contributed by atoms with E-state index in [1.165, 1.54) is 7.11 Å². The van der Waals surface area contributed by atoms with Gasteiger partial charge in [0, 0.05) is 0 Å². The number of hydrogen-bond donors (Lipinski definition) is 1. The van der Waals surface area contributed by atoms with Gasteiger partial charge in [-0.2, -0.15) is 0 Å². The van der Waals surface area contributed by atoms with Gasteiger partial charge in [-0.15, -0.1) is 0 Å². The summed E-state index contributed by atoms with van der Waals surface area (Å²) in [5.41, 5.74) is 2.54. The number of phenols is 1. The van der Waals surface area contributed by atoms with E-state index in [4.69, 9.17) is 9.47 Å². The molecule has 0 unspecified atom stereocenters. The van der Waals surface area contributed by atoms with Gasteiger partial charge in [0.05, 0.1) is 19.8 Å². The second kappa shape index (κ2) is 8.26. The molecule has 0 aliphatic carbocycles. The highest BCUT2D eigenvalue weighted by atomic mass is 127. The molecule has 0 heterocycles. The van der Waals surface area contributed by atoms with Crippen LogP contribution in [0, 0.1) is 7.14 Å². The predicted molar refractivity (Wildman–Crippen MR) is 117 cm³/mol. The van der Waals surface area contributed by atoms with E-state index in [9.17, 15) is 9.90 Å². The Morgan fingerprint density at radius 3 is 2.19 bits per heavy atom. The first-order valence-corrected chi connectivity index (χ1v) is 9.78. The lowest BCUT2D eigenvalue weighted by Crippen LogP contribution is -2.01. The van der Waals surface area contributed by atoms with Gasteiger partial charge in [0.25, 0.3) is 0 Å². The summed E-state index contributed by atoms with van der Waals surface area (Å²) < 4.78 is 12.3. The molecule has 0 aliphatic rings. The molecule has 0 aromatic heterocycles. The summed E-state index contributed by atoms with van der Waals surface area (Å²) in [5, 5.41) is 9.64. The lowest BCUT2D eigenvalue weighted by Gasteiger charge is -2.10. The van der Waals surface area contributed by atoms with Crippen molar-refractivity contribution >= 4 is 51.2 Å². The van der Waals surface area contributed by atoms with E-state index in [1.54, 1.807) is 24.3 Å². The fraction of sp³-hybridized carbons (Fsp3) is 0.0500. The lowest BCUT2D eigenvalue weighted by atomic mass is 10.1. The Morgan fingerprint density at radius 2 is 1.58 bits per heavy atom. The molecular weight excluding hydrogens is 558 g/mol. The second-order valence-electron chi connectivity index (χ2n) is 5.43. The minimum Gasteiger partial charge on any atom is -0.507 e. The predicted octanol–water partition coefficient (Wildman–Crippen LogP) is 5.85. The van der Waals surface area contributed by atoms with Crippen molar-refractivity contribution in [2.75, 3.05) is 7.11 Å². The molecule has 0 saturated heterocycles. The monoisotopic (exact) mass is 572 g/mol. The first-order valence-electron chi connectivity index (χ1n) is 7.62. The standard InChI is InChI=1S/C20H14I2O4/c1-25-20(24)14-5-9-19(17(22)11-14)26-15-6-2-12(3-7-15)13-4-8-18(23)16(21)10-13/h2-11,23H,1H3. The van der Waals surface area contributed by atoms with Crippen LogP contribution in [-0.4, -0.2) is 18.2 Å². The second-order valence-corrected chi connectivity index (χ2v) is 7.75. The molecule has 0 aliphatic heterocycles. The normalized spacial score (nSPS) is 10.4. The van der Waals surface area contributed by atoms with Gasteiger partial charge in [0.1, 0.15) is 17.2 Å². The molecule has 0 bridgehead atoms. The number of aromatic hydroxyl groups is 1. The quantitative estimate of drug-likeness (QED) is 0.315. The number of carbonyl (C=O) groups is 1. The van der Waals surface area contributed by atoms with E-state index in [1.807, 2.05) is 36.4 Å². The van der Waals surface area contributed by atoms with Crippen LogP contribution in [0.15, 0.2) is 60.7 Å². The van der Waals surface area contributed by atoms with Crippen LogP contribution in [0.4, 0.5) is 0 Å². The highest BCUT2D eigenvalue weighted by Crippen LogP contribution is 2.31. The molecule has 3 aromatic rings. The average molecular weight is 572 g/mol. The van der Waals surface area contributed by atoms with E-state index < -0.39 is 0 Å². The van der Waals surface area contributed by atoms with Crippen LogP contribution in [0.25, 0.3) is 11.1 Å². The molecule has 6 heteroatoms. The molecule has 3 aromatic carbocycles. The minimum absolute atomic E-state index is 0.277. The van der Waals surface area contributed by atoms with Crippen molar-refractivity contribution in [3.63, 3.8) is 0 Å². The lowest BCUT2D eigenvalue weighted by molar-refractivity contribution is 0.0600. The van der Waals surface area contributed by atoms with Crippen molar-refractivity contribution in [1.29, 1.82) is 0 Å². The smallest absolute Gasteiger partial charge is 0.337 e. The zero-order valence-corrected chi connectivity index (χ0v) is 18.0. The highest BCUT2D eigenvalue weighted by molar-refractivity contribution is 14.1. The van der Waals surface area contributed by atoms with E-state index in [0.717, 1.165) is 18.3 Å². The molecule has 3 rings (SSSR count). The van der Waals surface area contributed by atoms with E-state index in [0.29, 0.717) is 17.1 Å². The van der Waals surface area contributed by atoms with Gasteiger partial charge in [-0.1, -0.05) is 18.2 Å². The maximum atomic E-state index is 11.6. The SMILES string of the molecule is COC(=O)c1ccc(Oc2ccc(-c3ccc(O)c(I)c3)cc2)c(I)c1. The first-order chi connectivity index (χ1) is 12.5. The summed E-state index contributed by atoms with van der Waals surface area (Å²) >= 11 is 4.23. The van der Waals surface area contributed by atoms with Crippen molar-refractivity contribution in [2.24, 2.45) is 0 Å². The van der Waals surface area contributed by atoms with Crippen LogP contribution < -0.4 is 4.74 Å². The molecule has 0 saturated carbocycles. The Hall–Kier alpha value is -1.81. The number of phenolic OH excluding ortho intramolecular Hbond substituents is 1. The van der Waals surface area contributed by atoms with E-state index in [2.05, 4.69) is 45.2 Å². The van der Waals surface area contributed by atoms with E-state index in [-0.39, 0.29) is 11.7 Å². The Bertz CT molecular complexity index is 953. The third-order valence-electron chi connectivity index (χ3n) is 3.72. The third-order valence-corrected chi connectivity index (χ3v) is 5.42. The largest absolute Gasteiger partial charge is 0.507 e. The Morgan fingerprint density at radius 1 is 0.885 bits per heavy atom. The maximum Gasteiger partial charge on any atom is 0.337 e. The summed E-state index contributed by atoms with van der Waals surface area (Å²) in [6, 6.07) is 18.4. The van der Waals surface area contributed by atoms with Gasteiger partial charge in [-0.25, -0.2) is 4.79 Å². The van der Waals surface area contributed by atoms with Crippen molar-refractivity contribution in [2.45, 2.75) is 0 Å². The number of esters is 1. The number of carbonyl (C=O) groups excluding carboxylic acids is 1. The Kier molecular flexibility index (Phi) is 6.02. The fourth-order valence-electron chi connectivity index (χ4n) is 2.36. The summed E-state index contributed by atoms with van der Waals surface area (Å²) in [4.78, 5) is 11.6. The molecule has 0 radical (unpaired) electrons. The van der Waals surface area contributed by atoms with Crippen LogP contribution in [-0.2, 0) is 4.74 Å². The zero-order chi connectivity index (χ0) is 18.7. The number of hydrogen-bond acceptors (Lipinski definition) is 4. The molecule has 0 spiro atoms. The topological polar surface area (TPSA) is 55.8 Å². The zero-order valence-electron chi connectivity index (χ0n) is 13.7. The van der Waals surface area contributed by atoms with Crippen molar-refractivity contribution in [3.8, 4) is 28.4 Å². The van der Waals surface area contributed by atoms with Gasteiger partial charge < -0.3 is 14.6 Å². The van der Waals surface area contributed by atoms with Crippen LogP contribution in [0.2, 0.25) is 0 Å². The number of halogens is 2. The van der Waals surface area contributed by atoms with Crippen molar-refractivity contribution < 1.29 is 19.4 Å². The summed E-state index contributed by atoms with van der Waals surface area (Å²) in [5.74, 6) is 1.28. The minimum atomic E-state index is -0.373. The maximum absolute atomic E-state index is 11.6. The van der Waals surface area contributed by atoms with E-state index >= 15 is 0 Å². The van der Waals surface area contributed by atoms with Crippen LogP contribution in [0.1, 0.15) is 10.4 Å². The summed E-state index contributed by atoms with van der Waals surface area (Å²) in [6.45, 7) is 0. The van der Waals surface area contributed by atoms with Crippen molar-refractivity contribution in [1.82, 2.24) is 0 Å². The average Bonchev–Trinajstić information content (AvgIpc) is 2.65. The molecule has 4 nitrogen and oxygen atoms in total. The van der Waals surface area contributed by atoms with Gasteiger partial charge in [0.2, 0.25) is 0 Å². The number of methoxy groups -OCH3 is 1. The van der Waals surface area contributed by atoms with Gasteiger partial charge >= 0.3 is 5.97 Å². The molecule has 26 heavy (non-hydrogen) atoms. The summed E-state index contributed by atoms with van der Waals surface area (Å²) in [6.07, 6.45) is 0. The van der Waals surface area contributed by atoms with Gasteiger partial charge in [-0.05, 0) is 98.8 Å². The summed E-state index contributed by atoms with van der Waals surface area (Å²) in [7, 11) is 1.36. The van der Waals surface area contributed by atoms with Crippen LogP contribution in [0.3, 0.4) is 0 Å². The van der Waals surface area contributed by atoms with Crippen molar-refractivity contribution in [3.05, 3.63) is 73.4 Å². The Labute approximate surface area is 178 Å². The number of ether oxygens (including phenoxy) is 2. The number of benzene rings is 3. The van der Waals surface area contributed by atoms with Crippen LogP contribution >= 0.6 is 45.2 Å². The molecule has 132 valence electrons. The fourth-order valence-corrected chi connectivity index (χ4v) is 3.50. The van der Waals surface area contributed by atoms with Crippen LogP contribution in [0.5, 0.6) is 17.2 Å². The van der Waals surface area contributed by atoms with Gasteiger partial charge in [-0.3, -0.25) is 0 Å². The number of rotatable bonds is 4. The molecule has 0 atom stereocenters. The highest BCUT2D eigenvalue weighted by Gasteiger charge is 2.10. The molecular formula is C20H14I2O4.